The van der Waals surface area contributed by atoms with E-state index in [1.54, 1.807) is 24.4 Å². The molecule has 0 aliphatic heterocycles. The topological polar surface area (TPSA) is 139 Å². The van der Waals surface area contributed by atoms with E-state index in [-0.39, 0.29) is 5.69 Å². The minimum absolute atomic E-state index is 0.0296. The number of anilines is 1. The third-order valence-corrected chi connectivity index (χ3v) is 3.38. The minimum atomic E-state index is -4.41. The van der Waals surface area contributed by atoms with Gasteiger partial charge < -0.3 is 14.4 Å². The molecule has 2 aromatic heterocycles. The summed E-state index contributed by atoms with van der Waals surface area (Å²) in [6, 6.07) is 5.25. The van der Waals surface area contributed by atoms with Crippen molar-refractivity contribution in [2.24, 2.45) is 0 Å². The first-order valence-electron chi connectivity index (χ1n) is 7.12. The third-order valence-electron chi connectivity index (χ3n) is 2.98. The summed E-state index contributed by atoms with van der Waals surface area (Å²) in [6.45, 7) is 1.49. The molecule has 0 saturated carbocycles. The summed E-state index contributed by atoms with van der Waals surface area (Å²) < 4.78 is 33.3. The molecule has 2 aromatic rings. The van der Waals surface area contributed by atoms with Crippen LogP contribution in [0.15, 0.2) is 24.4 Å². The van der Waals surface area contributed by atoms with Gasteiger partial charge in [-0.3, -0.25) is 14.3 Å². The quantitative estimate of drug-likeness (QED) is 0.252. The third kappa shape index (κ3) is 7.01. The molecule has 0 bridgehead atoms. The first kappa shape index (κ1) is 20.8. The predicted octanol–water partition coefficient (Wildman–Crippen LogP) is 0.454. The minimum Gasteiger partial charge on any atom is -0.726 e. The molecule has 0 radical (unpaired) electrons. The monoisotopic (exact) mass is 375 g/mol. The molecule has 2 rings (SSSR count). The van der Waals surface area contributed by atoms with Crippen molar-refractivity contribution in [1.82, 2.24) is 9.61 Å². The molecule has 140 valence electrons. The number of nitro groups is 1. The van der Waals surface area contributed by atoms with Crippen LogP contribution in [0.5, 0.6) is 0 Å². The van der Waals surface area contributed by atoms with Crippen molar-refractivity contribution in [1.29, 1.82) is 0 Å². The largest absolute Gasteiger partial charge is 0.726 e. The van der Waals surface area contributed by atoms with Crippen LogP contribution in [0.3, 0.4) is 0 Å². The lowest BCUT2D eigenvalue weighted by molar-refractivity contribution is -0.868. The van der Waals surface area contributed by atoms with E-state index < -0.39 is 15.3 Å². The summed E-state index contributed by atoms with van der Waals surface area (Å²) in [7, 11) is 2.60. The summed E-state index contributed by atoms with van der Waals surface area (Å²) in [4.78, 5) is 10.8. The molecule has 0 unspecified atom stereocenters. The Kier molecular flexibility index (Phi) is 6.81. The Hall–Kier alpha value is -2.28. The van der Waals surface area contributed by atoms with E-state index in [1.165, 1.54) is 4.52 Å². The number of nitrogens with zero attached hydrogens (tertiary/aromatic N) is 4. The Morgan fingerprint density at radius 3 is 2.44 bits per heavy atom. The zero-order valence-electron chi connectivity index (χ0n) is 14.4. The zero-order valence-corrected chi connectivity index (χ0v) is 15.2. The molecule has 11 nitrogen and oxygen atoms in total. The van der Waals surface area contributed by atoms with Crippen LogP contribution in [0, 0.1) is 10.1 Å². The first-order valence-corrected chi connectivity index (χ1v) is 8.45. The summed E-state index contributed by atoms with van der Waals surface area (Å²) in [6.07, 6.45) is 1.70. The Bertz CT molecular complexity index is 827. The van der Waals surface area contributed by atoms with Crippen molar-refractivity contribution in [3.63, 3.8) is 0 Å². The number of aromatic nitrogens is 2. The molecule has 0 atom stereocenters. The van der Waals surface area contributed by atoms with Crippen molar-refractivity contribution >= 4 is 27.4 Å². The molecule has 2 heterocycles. The number of pyridine rings is 1. The average Bonchev–Trinajstić information content (AvgIpc) is 2.84. The summed E-state index contributed by atoms with van der Waals surface area (Å²) in [5.41, 5.74) is 0.530. The predicted molar refractivity (Wildman–Crippen MR) is 89.9 cm³/mol. The Morgan fingerprint density at radius 2 is 1.96 bits per heavy atom. The maximum atomic E-state index is 11.2. The van der Waals surface area contributed by atoms with Gasteiger partial charge in [0.2, 0.25) is 16.2 Å². The van der Waals surface area contributed by atoms with Crippen LogP contribution >= 0.6 is 0 Å². The molecule has 1 N–H and O–H groups in total. The Balaban J connectivity index is 0.000000450. The number of quaternary nitrogens is 1. The standard InChI is InChI=1S/C12H18N5O2.CH4O4S/c1-17(2,3)9-7-13-12-11(16(18)19)10-6-4-5-8-15(10)14-12;1-5-6(2,3)4/h4-6,8H,7,9H2,1-3H3,(H,13,14);1H3,(H,2,3,4)/q+1;/p-1. The van der Waals surface area contributed by atoms with Crippen molar-refractivity contribution in [2.45, 2.75) is 0 Å². The fourth-order valence-corrected chi connectivity index (χ4v) is 1.79. The molecular weight excluding hydrogens is 354 g/mol. The smallest absolute Gasteiger partial charge is 0.338 e. The van der Waals surface area contributed by atoms with Gasteiger partial charge in [-0.2, -0.15) is 0 Å². The maximum absolute atomic E-state index is 11.2. The van der Waals surface area contributed by atoms with E-state index >= 15 is 0 Å². The van der Waals surface area contributed by atoms with E-state index in [9.17, 15) is 23.1 Å². The van der Waals surface area contributed by atoms with E-state index in [0.717, 1.165) is 18.1 Å². The van der Waals surface area contributed by atoms with Gasteiger partial charge in [0.15, 0.2) is 0 Å². The van der Waals surface area contributed by atoms with Crippen LogP contribution in [-0.2, 0) is 14.6 Å². The van der Waals surface area contributed by atoms with E-state index in [1.807, 2.05) is 0 Å². The average molecular weight is 375 g/mol. The molecule has 25 heavy (non-hydrogen) atoms. The summed E-state index contributed by atoms with van der Waals surface area (Å²) in [5, 5.41) is 18.4. The number of likely N-dealkylation sites (N-methyl/N-ethyl adjacent to an activating group) is 1. The van der Waals surface area contributed by atoms with Crippen LogP contribution < -0.4 is 5.32 Å². The fraction of sp³-hybridized carbons (Fsp3) is 0.462. The number of hydrogen-bond donors (Lipinski definition) is 1. The Labute approximate surface area is 145 Å². The van der Waals surface area contributed by atoms with Gasteiger partial charge in [0.1, 0.15) is 5.52 Å². The second-order valence-corrected chi connectivity index (χ2v) is 7.15. The molecule has 0 amide bonds. The highest BCUT2D eigenvalue weighted by Gasteiger charge is 2.23. The SMILES string of the molecule is COS(=O)(=O)[O-].C[N+](C)(C)CCNc1nn2ccccc2c1[N+](=O)[O-]. The van der Waals surface area contributed by atoms with Crippen LogP contribution in [0.4, 0.5) is 11.5 Å². The summed E-state index contributed by atoms with van der Waals surface area (Å²) in [5.74, 6) is 0.324. The fourth-order valence-electron chi connectivity index (χ4n) is 1.79. The number of hydrogen-bond acceptors (Lipinski definition) is 8. The highest BCUT2D eigenvalue weighted by Crippen LogP contribution is 2.28. The van der Waals surface area contributed by atoms with Gasteiger partial charge in [0, 0.05) is 6.20 Å². The summed E-state index contributed by atoms with van der Waals surface area (Å²) >= 11 is 0. The van der Waals surface area contributed by atoms with Crippen molar-refractivity contribution in [2.75, 3.05) is 46.7 Å². The number of rotatable bonds is 6. The molecule has 12 heteroatoms. The van der Waals surface area contributed by atoms with Crippen molar-refractivity contribution in [3.05, 3.63) is 34.5 Å². The van der Waals surface area contributed by atoms with E-state index in [0.29, 0.717) is 17.9 Å². The van der Waals surface area contributed by atoms with Crippen molar-refractivity contribution in [3.8, 4) is 0 Å². The molecule has 0 fully saturated rings. The molecule has 0 aromatic carbocycles. The second-order valence-electron chi connectivity index (χ2n) is 6.00. The van der Waals surface area contributed by atoms with Crippen LogP contribution in [-0.4, -0.2) is 73.3 Å². The first-order chi connectivity index (χ1) is 11.4. The van der Waals surface area contributed by atoms with Gasteiger partial charge in [-0.25, -0.2) is 12.9 Å². The van der Waals surface area contributed by atoms with Crippen LogP contribution in [0.25, 0.3) is 5.52 Å². The van der Waals surface area contributed by atoms with Gasteiger partial charge in [-0.1, -0.05) is 6.07 Å². The van der Waals surface area contributed by atoms with Crippen molar-refractivity contribution < 1.29 is 26.6 Å². The lowest BCUT2D eigenvalue weighted by Crippen LogP contribution is -2.38. The molecule has 0 spiro atoms. The highest BCUT2D eigenvalue weighted by molar-refractivity contribution is 7.80. The molecule has 0 aliphatic carbocycles. The van der Waals surface area contributed by atoms with Gasteiger partial charge in [0.25, 0.3) is 0 Å². The highest BCUT2D eigenvalue weighted by atomic mass is 32.3. The van der Waals surface area contributed by atoms with E-state index in [4.69, 9.17) is 0 Å². The van der Waals surface area contributed by atoms with Gasteiger partial charge >= 0.3 is 5.69 Å². The van der Waals surface area contributed by atoms with Gasteiger partial charge in [0.05, 0.1) is 46.3 Å². The van der Waals surface area contributed by atoms with Gasteiger partial charge in [-0.05, 0) is 12.1 Å². The molecule has 0 aliphatic rings. The Morgan fingerprint density at radius 1 is 1.36 bits per heavy atom. The zero-order chi connectivity index (χ0) is 19.3. The maximum Gasteiger partial charge on any atom is 0.338 e. The lowest BCUT2D eigenvalue weighted by atomic mass is 10.3. The van der Waals surface area contributed by atoms with Gasteiger partial charge in [-0.15, -0.1) is 5.10 Å². The molecular formula is C13H21N5O6S. The number of nitrogens with one attached hydrogen (secondary N) is 1. The van der Waals surface area contributed by atoms with Crippen LogP contribution in [0.1, 0.15) is 0 Å². The van der Waals surface area contributed by atoms with E-state index in [2.05, 4.69) is 35.7 Å². The lowest BCUT2D eigenvalue weighted by Gasteiger charge is -2.23. The second kappa shape index (κ2) is 8.20. The van der Waals surface area contributed by atoms with Crippen LogP contribution in [0.2, 0.25) is 0 Å². The number of fused-ring (bicyclic) bond motifs is 1. The molecule has 0 saturated heterocycles. The normalized spacial score (nSPS) is 11.7.